The Kier molecular flexibility index (Phi) is 5.99. The lowest BCUT2D eigenvalue weighted by Gasteiger charge is -2.21. The Bertz CT molecular complexity index is 277. The van der Waals surface area contributed by atoms with E-state index in [0.717, 1.165) is 12.8 Å². The predicted octanol–water partition coefficient (Wildman–Crippen LogP) is 1.67. The molecule has 0 bridgehead atoms. The van der Waals surface area contributed by atoms with Crippen molar-refractivity contribution in [1.29, 1.82) is 5.26 Å². The van der Waals surface area contributed by atoms with Crippen LogP contribution < -0.4 is 5.32 Å². The quantitative estimate of drug-likeness (QED) is 0.757. The highest BCUT2D eigenvalue weighted by atomic mass is 16.2. The smallest absolute Gasteiger partial charge is 0.234 e. The fourth-order valence-corrected chi connectivity index (χ4v) is 2.16. The van der Waals surface area contributed by atoms with Gasteiger partial charge in [-0.15, -0.1) is 0 Å². The number of nitriles is 1. The Hall–Kier alpha value is -1.08. The maximum atomic E-state index is 11.8. The fourth-order valence-electron chi connectivity index (χ4n) is 2.16. The number of carbonyl (C=O) groups excluding carboxylic acids is 1. The average Bonchev–Trinajstić information content (AvgIpc) is 2.56. The zero-order chi connectivity index (χ0) is 12.7. The van der Waals surface area contributed by atoms with Gasteiger partial charge in [-0.25, -0.2) is 0 Å². The molecular weight excluding hydrogens is 214 g/mol. The van der Waals surface area contributed by atoms with Gasteiger partial charge in [0.1, 0.15) is 0 Å². The third kappa shape index (κ3) is 5.18. The molecular formula is C13H23N3O. The van der Waals surface area contributed by atoms with E-state index < -0.39 is 0 Å². The molecule has 1 rings (SSSR count). The molecule has 1 fully saturated rings. The lowest BCUT2D eigenvalue weighted by molar-refractivity contribution is -0.122. The molecule has 0 aromatic carbocycles. The van der Waals surface area contributed by atoms with Crippen molar-refractivity contribution in [2.45, 2.75) is 57.5 Å². The Morgan fingerprint density at radius 3 is 2.53 bits per heavy atom. The molecule has 96 valence electrons. The molecule has 0 aliphatic heterocycles. The molecule has 0 aromatic rings. The van der Waals surface area contributed by atoms with Gasteiger partial charge in [0.15, 0.2) is 0 Å². The Balaban J connectivity index is 2.30. The van der Waals surface area contributed by atoms with Crippen LogP contribution in [-0.4, -0.2) is 36.5 Å². The summed E-state index contributed by atoms with van der Waals surface area (Å²) in [6.07, 6.45) is 7.22. The summed E-state index contributed by atoms with van der Waals surface area (Å²) in [6.45, 7) is 2.12. The van der Waals surface area contributed by atoms with Gasteiger partial charge in [-0.05, 0) is 26.8 Å². The minimum atomic E-state index is -0.213. The van der Waals surface area contributed by atoms with E-state index in [4.69, 9.17) is 5.26 Å². The number of amides is 1. The fraction of sp³-hybridized carbons (Fsp3) is 0.846. The summed E-state index contributed by atoms with van der Waals surface area (Å²) in [7, 11) is 1.81. The summed E-state index contributed by atoms with van der Waals surface area (Å²) in [5, 5.41) is 11.8. The number of hydrogen-bond acceptors (Lipinski definition) is 3. The topological polar surface area (TPSA) is 56.1 Å². The van der Waals surface area contributed by atoms with Gasteiger partial charge < -0.3 is 5.32 Å². The lowest BCUT2D eigenvalue weighted by atomic mass is 10.1. The zero-order valence-electron chi connectivity index (χ0n) is 10.9. The van der Waals surface area contributed by atoms with Crippen molar-refractivity contribution in [3.63, 3.8) is 0 Å². The summed E-state index contributed by atoms with van der Waals surface area (Å²) in [4.78, 5) is 13.6. The molecule has 1 aliphatic rings. The van der Waals surface area contributed by atoms with Crippen LogP contribution in [0, 0.1) is 11.3 Å². The maximum absolute atomic E-state index is 11.8. The summed E-state index contributed by atoms with van der Waals surface area (Å²) in [6, 6.07) is 2.26. The molecule has 1 saturated carbocycles. The molecule has 0 heterocycles. The van der Waals surface area contributed by atoms with Gasteiger partial charge in [0.05, 0.1) is 18.7 Å². The van der Waals surface area contributed by atoms with Gasteiger partial charge in [0, 0.05) is 6.04 Å². The number of likely N-dealkylation sites (N-methyl/N-ethyl adjacent to an activating group) is 1. The first-order valence-electron chi connectivity index (χ1n) is 6.52. The van der Waals surface area contributed by atoms with E-state index in [-0.39, 0.29) is 11.9 Å². The zero-order valence-corrected chi connectivity index (χ0v) is 10.9. The van der Waals surface area contributed by atoms with E-state index >= 15 is 0 Å². The van der Waals surface area contributed by atoms with E-state index in [2.05, 4.69) is 11.4 Å². The van der Waals surface area contributed by atoms with Crippen molar-refractivity contribution in [3.8, 4) is 6.07 Å². The van der Waals surface area contributed by atoms with E-state index in [0.29, 0.717) is 12.6 Å². The third-order valence-electron chi connectivity index (χ3n) is 3.46. The highest BCUT2D eigenvalue weighted by Crippen LogP contribution is 2.17. The number of carbonyl (C=O) groups is 1. The first kappa shape index (κ1) is 14.0. The summed E-state index contributed by atoms with van der Waals surface area (Å²) in [5.41, 5.74) is 0. The first-order chi connectivity index (χ1) is 8.13. The summed E-state index contributed by atoms with van der Waals surface area (Å²) >= 11 is 0. The highest BCUT2D eigenvalue weighted by Gasteiger charge is 2.17. The van der Waals surface area contributed by atoms with Gasteiger partial charge >= 0.3 is 0 Å². The standard InChI is InChI=1S/C13H23N3O/c1-11(9-14)16(2)10-13(17)15-12-7-5-3-4-6-8-12/h11-12H,3-8,10H2,1-2H3,(H,15,17). The molecule has 0 radical (unpaired) electrons. The van der Waals surface area contributed by atoms with Crippen molar-refractivity contribution in [2.75, 3.05) is 13.6 Å². The monoisotopic (exact) mass is 237 g/mol. The van der Waals surface area contributed by atoms with Crippen LogP contribution in [0.25, 0.3) is 0 Å². The third-order valence-corrected chi connectivity index (χ3v) is 3.46. The van der Waals surface area contributed by atoms with E-state index in [9.17, 15) is 4.79 Å². The van der Waals surface area contributed by atoms with Gasteiger partial charge in [0.25, 0.3) is 0 Å². The average molecular weight is 237 g/mol. The van der Waals surface area contributed by atoms with Crippen molar-refractivity contribution < 1.29 is 4.79 Å². The number of nitrogens with one attached hydrogen (secondary N) is 1. The van der Waals surface area contributed by atoms with E-state index in [1.165, 1.54) is 25.7 Å². The SMILES string of the molecule is CC(C#N)N(C)CC(=O)NC1CCCCCC1. The molecule has 1 aliphatic carbocycles. The Morgan fingerprint density at radius 2 is 2.00 bits per heavy atom. The van der Waals surface area contributed by atoms with Gasteiger partial charge in [-0.1, -0.05) is 25.7 Å². The second kappa shape index (κ2) is 7.29. The second-order valence-electron chi connectivity index (χ2n) is 4.98. The van der Waals surface area contributed by atoms with Crippen LogP contribution >= 0.6 is 0 Å². The van der Waals surface area contributed by atoms with Crippen molar-refractivity contribution in [2.24, 2.45) is 0 Å². The predicted molar refractivity (Wildman–Crippen MR) is 67.3 cm³/mol. The molecule has 1 N–H and O–H groups in total. The van der Waals surface area contributed by atoms with E-state index in [1.807, 2.05) is 0 Å². The first-order valence-corrected chi connectivity index (χ1v) is 6.52. The number of hydrogen-bond donors (Lipinski definition) is 1. The molecule has 1 atom stereocenters. The lowest BCUT2D eigenvalue weighted by Crippen LogP contribution is -2.43. The number of nitrogens with zero attached hydrogens (tertiary/aromatic N) is 2. The van der Waals surface area contributed by atoms with Crippen molar-refractivity contribution in [3.05, 3.63) is 0 Å². The van der Waals surface area contributed by atoms with Crippen LogP contribution in [0.5, 0.6) is 0 Å². The summed E-state index contributed by atoms with van der Waals surface area (Å²) < 4.78 is 0. The molecule has 4 nitrogen and oxygen atoms in total. The molecule has 0 aromatic heterocycles. The van der Waals surface area contributed by atoms with Gasteiger partial charge in [-0.2, -0.15) is 5.26 Å². The molecule has 1 unspecified atom stereocenters. The van der Waals surface area contributed by atoms with Gasteiger partial charge in [-0.3, -0.25) is 9.69 Å². The second-order valence-corrected chi connectivity index (χ2v) is 4.98. The van der Waals surface area contributed by atoms with Crippen LogP contribution in [0.3, 0.4) is 0 Å². The van der Waals surface area contributed by atoms with Crippen LogP contribution in [0.2, 0.25) is 0 Å². The van der Waals surface area contributed by atoms with Crippen molar-refractivity contribution >= 4 is 5.91 Å². The minimum absolute atomic E-state index is 0.0431. The normalized spacial score (nSPS) is 19.4. The molecule has 1 amide bonds. The maximum Gasteiger partial charge on any atom is 0.234 e. The van der Waals surface area contributed by atoms with Crippen LogP contribution in [0.1, 0.15) is 45.4 Å². The van der Waals surface area contributed by atoms with E-state index in [1.54, 1.807) is 18.9 Å². The van der Waals surface area contributed by atoms with Crippen LogP contribution in [0.4, 0.5) is 0 Å². The molecule has 0 saturated heterocycles. The molecule has 0 spiro atoms. The summed E-state index contributed by atoms with van der Waals surface area (Å²) in [5.74, 6) is 0.0431. The van der Waals surface area contributed by atoms with Crippen LogP contribution in [0.15, 0.2) is 0 Å². The number of rotatable bonds is 4. The minimum Gasteiger partial charge on any atom is -0.352 e. The largest absolute Gasteiger partial charge is 0.352 e. The van der Waals surface area contributed by atoms with Crippen LogP contribution in [-0.2, 0) is 4.79 Å². The highest BCUT2D eigenvalue weighted by molar-refractivity contribution is 5.78. The Labute approximate surface area is 104 Å². The molecule has 4 heteroatoms. The van der Waals surface area contributed by atoms with Crippen molar-refractivity contribution in [1.82, 2.24) is 10.2 Å². The molecule has 17 heavy (non-hydrogen) atoms. The van der Waals surface area contributed by atoms with Gasteiger partial charge in [0.2, 0.25) is 5.91 Å². The Morgan fingerprint density at radius 1 is 1.41 bits per heavy atom.